The summed E-state index contributed by atoms with van der Waals surface area (Å²) in [4.78, 5) is 15.3. The van der Waals surface area contributed by atoms with E-state index in [-0.39, 0.29) is 12.4 Å². The van der Waals surface area contributed by atoms with E-state index in [2.05, 4.69) is 4.98 Å². The van der Waals surface area contributed by atoms with Crippen molar-refractivity contribution >= 4 is 40.2 Å². The van der Waals surface area contributed by atoms with Crippen molar-refractivity contribution < 1.29 is 14.6 Å². The normalized spacial score (nSPS) is 31.8. The largest absolute Gasteiger partial charge is 0.395 e. The number of nitrogens with zero attached hydrogens (tertiary/aromatic N) is 2. The maximum atomic E-state index is 13.9. The zero-order valence-electron chi connectivity index (χ0n) is 9.03. The smallest absolute Gasteiger partial charge is 0.350 e. The number of alkyl halides is 1. The molecule has 18 heavy (non-hydrogen) atoms. The predicted molar refractivity (Wildman–Crippen MR) is 74.0 cm³/mol. The van der Waals surface area contributed by atoms with E-state index in [1.54, 1.807) is 0 Å². The van der Waals surface area contributed by atoms with Gasteiger partial charge < -0.3 is 15.9 Å². The van der Waals surface area contributed by atoms with E-state index < -0.39 is 28.6 Å². The van der Waals surface area contributed by atoms with Crippen LogP contribution in [0.15, 0.2) is 11.0 Å². The summed E-state index contributed by atoms with van der Waals surface area (Å²) in [6, 6.07) is 0. The molecule has 0 aliphatic carbocycles. The molecule has 1 saturated heterocycles. The number of rotatable bonds is 2. The van der Waals surface area contributed by atoms with E-state index in [1.165, 1.54) is 6.20 Å². The lowest BCUT2D eigenvalue weighted by atomic mass is 10.1. The molecule has 2 heterocycles. The molecule has 0 amide bonds. The van der Waals surface area contributed by atoms with Crippen LogP contribution in [0.3, 0.4) is 0 Å². The van der Waals surface area contributed by atoms with Crippen molar-refractivity contribution in [2.24, 2.45) is 0 Å². The Balaban J connectivity index is 2.39. The highest BCUT2D eigenvalue weighted by Gasteiger charge is 2.44. The Labute approximate surface area is 120 Å². The summed E-state index contributed by atoms with van der Waals surface area (Å²) < 4.78 is 15.5. The molecule has 4 N–H and O–H groups in total. The summed E-state index contributed by atoms with van der Waals surface area (Å²) >= 11 is 2.90. The lowest BCUT2D eigenvalue weighted by Crippen LogP contribution is -2.33. The van der Waals surface area contributed by atoms with Crippen molar-refractivity contribution in [2.75, 3.05) is 12.3 Å². The molecule has 0 spiro atoms. The van der Waals surface area contributed by atoms with E-state index in [4.69, 9.17) is 10.8 Å². The van der Waals surface area contributed by atoms with Crippen LogP contribution in [0, 0.1) is 3.57 Å². The first-order valence-electron chi connectivity index (χ1n) is 5.08. The average Bonchev–Trinajstić information content (AvgIpc) is 2.61. The molecule has 100 valence electrons. The van der Waals surface area contributed by atoms with Gasteiger partial charge in [0.05, 0.1) is 15.4 Å². The van der Waals surface area contributed by atoms with Gasteiger partial charge in [-0.25, -0.2) is 9.18 Å². The third-order valence-electron chi connectivity index (χ3n) is 2.68. The molecule has 2 rings (SSSR count). The maximum absolute atomic E-state index is 13.9. The third-order valence-corrected chi connectivity index (χ3v) is 5.06. The van der Waals surface area contributed by atoms with Crippen LogP contribution in [0.2, 0.25) is 0 Å². The lowest BCUT2D eigenvalue weighted by Gasteiger charge is -2.16. The molecule has 4 atom stereocenters. The number of aliphatic hydroxyl groups is 2. The van der Waals surface area contributed by atoms with E-state index in [0.29, 0.717) is 3.57 Å². The highest BCUT2D eigenvalue weighted by Crippen LogP contribution is 2.42. The zero-order chi connectivity index (χ0) is 13.4. The molecule has 1 aromatic rings. The van der Waals surface area contributed by atoms with Gasteiger partial charge in [-0.2, -0.15) is 4.98 Å². The highest BCUT2D eigenvalue weighted by atomic mass is 127. The molecule has 0 saturated carbocycles. The Morgan fingerprint density at radius 2 is 2.33 bits per heavy atom. The number of aliphatic hydroxyl groups excluding tert-OH is 2. The highest BCUT2D eigenvalue weighted by molar-refractivity contribution is 14.1. The standard InChI is InChI=1S/C9H11FIN3O3S/c10-5-6(16)4(2-15)18-8(5)14-1-3(11)7(12)13-9(14)17/h1,4-6,8,15-16H,2H2,(H2,12,13,17)/t4-,5+,6-,8+/m0/s1. The molecule has 0 aromatic carbocycles. The Morgan fingerprint density at radius 1 is 1.67 bits per heavy atom. The van der Waals surface area contributed by atoms with E-state index in [0.717, 1.165) is 16.3 Å². The molecule has 1 aliphatic rings. The Bertz CT molecular complexity index is 514. The molecular weight excluding hydrogens is 376 g/mol. The van der Waals surface area contributed by atoms with Crippen LogP contribution in [-0.2, 0) is 0 Å². The fourth-order valence-electron chi connectivity index (χ4n) is 1.72. The molecule has 0 bridgehead atoms. The van der Waals surface area contributed by atoms with Gasteiger partial charge >= 0.3 is 5.69 Å². The first kappa shape index (κ1) is 14.0. The van der Waals surface area contributed by atoms with E-state index in [9.17, 15) is 14.3 Å². The number of anilines is 1. The van der Waals surface area contributed by atoms with Gasteiger partial charge in [0.1, 0.15) is 17.3 Å². The van der Waals surface area contributed by atoms with Crippen LogP contribution in [0.1, 0.15) is 5.37 Å². The third kappa shape index (κ3) is 2.36. The summed E-state index contributed by atoms with van der Waals surface area (Å²) in [5, 5.41) is 17.1. The van der Waals surface area contributed by atoms with Crippen LogP contribution >= 0.6 is 34.4 Å². The van der Waals surface area contributed by atoms with E-state index in [1.807, 2.05) is 22.6 Å². The number of thioether (sulfide) groups is 1. The first-order chi connectivity index (χ1) is 8.45. The van der Waals surface area contributed by atoms with Crippen LogP contribution in [0.5, 0.6) is 0 Å². The maximum Gasteiger partial charge on any atom is 0.350 e. The zero-order valence-corrected chi connectivity index (χ0v) is 12.0. The topological polar surface area (TPSA) is 101 Å². The molecule has 6 nitrogen and oxygen atoms in total. The van der Waals surface area contributed by atoms with Gasteiger partial charge in [-0.3, -0.25) is 4.57 Å². The minimum atomic E-state index is -1.63. The second-order valence-corrected chi connectivity index (χ2v) is 6.37. The van der Waals surface area contributed by atoms with Crippen molar-refractivity contribution in [1.29, 1.82) is 0 Å². The fourth-order valence-corrected chi connectivity index (χ4v) is 3.49. The van der Waals surface area contributed by atoms with E-state index >= 15 is 0 Å². The first-order valence-corrected chi connectivity index (χ1v) is 7.10. The van der Waals surface area contributed by atoms with Gasteiger partial charge in [-0.1, -0.05) is 0 Å². The Kier molecular flexibility index (Phi) is 4.14. The van der Waals surface area contributed by atoms with Crippen LogP contribution < -0.4 is 11.4 Å². The second kappa shape index (κ2) is 5.31. The minimum absolute atomic E-state index is 0.0921. The molecule has 1 aromatic heterocycles. The van der Waals surface area contributed by atoms with Gasteiger partial charge in [-0.05, 0) is 22.6 Å². The van der Waals surface area contributed by atoms with Crippen molar-refractivity contribution in [3.05, 3.63) is 20.3 Å². The molecule has 0 radical (unpaired) electrons. The van der Waals surface area contributed by atoms with Crippen molar-refractivity contribution in [2.45, 2.75) is 22.9 Å². The number of aromatic nitrogens is 2. The van der Waals surface area contributed by atoms with Gasteiger partial charge in [0.2, 0.25) is 0 Å². The van der Waals surface area contributed by atoms with Crippen molar-refractivity contribution in [3.8, 4) is 0 Å². The summed E-state index contributed by atoms with van der Waals surface area (Å²) in [5.41, 5.74) is 4.81. The number of nitrogens with two attached hydrogens (primary N) is 1. The van der Waals surface area contributed by atoms with Gasteiger partial charge in [0, 0.05) is 6.20 Å². The van der Waals surface area contributed by atoms with Crippen molar-refractivity contribution in [3.63, 3.8) is 0 Å². The Hall–Kier alpha value is -0.390. The monoisotopic (exact) mass is 387 g/mol. The number of hydrogen-bond donors (Lipinski definition) is 3. The average molecular weight is 387 g/mol. The van der Waals surface area contributed by atoms with Crippen LogP contribution in [-0.4, -0.2) is 43.9 Å². The molecule has 0 unspecified atom stereocenters. The lowest BCUT2D eigenvalue weighted by molar-refractivity contribution is 0.0631. The fraction of sp³-hybridized carbons (Fsp3) is 0.556. The summed E-state index contributed by atoms with van der Waals surface area (Å²) in [7, 11) is 0. The summed E-state index contributed by atoms with van der Waals surface area (Å²) in [5.74, 6) is 0.0921. The van der Waals surface area contributed by atoms with Gasteiger partial charge in [0.25, 0.3) is 0 Å². The molecular formula is C9H11FIN3O3S. The number of hydrogen-bond acceptors (Lipinski definition) is 6. The summed E-state index contributed by atoms with van der Waals surface area (Å²) in [6.07, 6.45) is -1.53. The van der Waals surface area contributed by atoms with Crippen molar-refractivity contribution in [1.82, 2.24) is 9.55 Å². The second-order valence-electron chi connectivity index (χ2n) is 3.85. The summed E-state index contributed by atoms with van der Waals surface area (Å²) in [6.45, 7) is -0.350. The quantitative estimate of drug-likeness (QED) is 0.605. The predicted octanol–water partition coefficient (Wildman–Crippen LogP) is -0.265. The minimum Gasteiger partial charge on any atom is -0.395 e. The number of halogens is 2. The molecule has 1 fully saturated rings. The molecule has 9 heteroatoms. The van der Waals surface area contributed by atoms with Crippen LogP contribution in [0.25, 0.3) is 0 Å². The molecule has 1 aliphatic heterocycles. The number of nitrogen functional groups attached to an aromatic ring is 1. The van der Waals surface area contributed by atoms with Gasteiger partial charge in [0.15, 0.2) is 6.17 Å². The Morgan fingerprint density at radius 3 is 2.89 bits per heavy atom. The van der Waals surface area contributed by atoms with Gasteiger partial charge in [-0.15, -0.1) is 11.8 Å². The SMILES string of the molecule is Nc1nc(=O)n([C@@H]2S[C@@H](CO)[C@H](O)[C@H]2F)cc1I. The van der Waals surface area contributed by atoms with Crippen LogP contribution in [0.4, 0.5) is 10.2 Å².